The molecule has 0 aliphatic carbocycles. The van der Waals surface area contributed by atoms with Gasteiger partial charge in [-0.05, 0) is 29.9 Å². The summed E-state index contributed by atoms with van der Waals surface area (Å²) in [5.74, 6) is 1.25. The number of aryl methyl sites for hydroxylation is 1. The standard InChI is InChI=1S/C14H15ClN3S/c1-10-5-6-11(15)14-16-17(2)9-18(14)12(8-10)13-4-3-7-19-13/h3-4,6-10H,5H2,1-2H3/q+1. The maximum absolute atomic E-state index is 6.37. The lowest BCUT2D eigenvalue weighted by molar-refractivity contribution is -0.582. The lowest BCUT2D eigenvalue weighted by Crippen LogP contribution is -2.35. The van der Waals surface area contributed by atoms with Crippen molar-refractivity contribution in [2.75, 3.05) is 0 Å². The van der Waals surface area contributed by atoms with Crippen molar-refractivity contribution < 1.29 is 4.57 Å². The van der Waals surface area contributed by atoms with Gasteiger partial charge in [-0.15, -0.1) is 16.0 Å². The van der Waals surface area contributed by atoms with Gasteiger partial charge in [-0.2, -0.15) is 4.57 Å². The molecule has 3 nitrogen and oxygen atoms in total. The topological polar surface area (TPSA) is 21.7 Å². The average molecular weight is 293 g/mol. The largest absolute Gasteiger partial charge is 0.324 e. The third-order valence-corrected chi connectivity index (χ3v) is 4.34. The van der Waals surface area contributed by atoms with E-state index in [1.807, 2.05) is 19.5 Å². The van der Waals surface area contributed by atoms with Crippen molar-refractivity contribution in [2.45, 2.75) is 13.3 Å². The number of hydrogen-bond acceptors (Lipinski definition) is 2. The van der Waals surface area contributed by atoms with Gasteiger partial charge >= 0.3 is 5.82 Å². The van der Waals surface area contributed by atoms with Crippen LogP contribution >= 0.6 is 22.9 Å². The molecule has 3 rings (SSSR count). The first kappa shape index (κ1) is 12.6. The van der Waals surface area contributed by atoms with Crippen LogP contribution in [0.15, 0.2) is 36.0 Å². The van der Waals surface area contributed by atoms with Gasteiger partial charge < -0.3 is 0 Å². The molecule has 0 N–H and O–H groups in total. The zero-order valence-corrected chi connectivity index (χ0v) is 12.4. The number of halogens is 1. The Bertz CT molecular complexity index is 652. The van der Waals surface area contributed by atoms with Crippen LogP contribution in [0.2, 0.25) is 0 Å². The van der Waals surface area contributed by atoms with E-state index in [1.54, 1.807) is 16.0 Å². The van der Waals surface area contributed by atoms with E-state index in [9.17, 15) is 0 Å². The monoisotopic (exact) mass is 292 g/mol. The van der Waals surface area contributed by atoms with E-state index in [0.717, 1.165) is 23.0 Å². The van der Waals surface area contributed by atoms with E-state index in [2.05, 4.69) is 40.2 Å². The summed E-state index contributed by atoms with van der Waals surface area (Å²) in [7, 11) is 1.91. The third-order valence-electron chi connectivity index (χ3n) is 3.12. The molecule has 0 amide bonds. The van der Waals surface area contributed by atoms with Gasteiger partial charge in [0, 0.05) is 5.10 Å². The summed E-state index contributed by atoms with van der Waals surface area (Å²) in [5.41, 5.74) is 1.16. The second kappa shape index (κ2) is 4.94. The van der Waals surface area contributed by atoms with Gasteiger partial charge in [0.2, 0.25) is 6.33 Å². The molecule has 0 saturated carbocycles. The van der Waals surface area contributed by atoms with Crippen LogP contribution in [0.5, 0.6) is 0 Å². The molecule has 0 radical (unpaired) electrons. The third kappa shape index (κ3) is 2.38. The Hall–Kier alpha value is -1.39. The molecule has 1 atom stereocenters. The summed E-state index contributed by atoms with van der Waals surface area (Å²) in [6.07, 6.45) is 7.24. The van der Waals surface area contributed by atoms with Gasteiger partial charge in [-0.3, -0.25) is 0 Å². The van der Waals surface area contributed by atoms with Crippen molar-refractivity contribution in [2.24, 2.45) is 13.0 Å². The predicted molar refractivity (Wildman–Crippen MR) is 78.7 cm³/mol. The van der Waals surface area contributed by atoms with Crippen LogP contribution in [0, 0.1) is 5.92 Å². The summed E-state index contributed by atoms with van der Waals surface area (Å²) in [6, 6.07) is 4.20. The van der Waals surface area contributed by atoms with Crippen LogP contribution in [0.25, 0.3) is 10.7 Å². The predicted octanol–water partition coefficient (Wildman–Crippen LogP) is 3.28. The van der Waals surface area contributed by atoms with Crippen molar-refractivity contribution in [1.29, 1.82) is 0 Å². The zero-order chi connectivity index (χ0) is 13.4. The molecule has 1 unspecified atom stereocenters. The summed E-state index contributed by atoms with van der Waals surface area (Å²) in [6.45, 7) is 2.20. The smallest absolute Gasteiger partial charge is 0.195 e. The first-order valence-corrected chi connectivity index (χ1v) is 7.48. The fraction of sp³-hybridized carbons (Fsp3) is 0.286. The summed E-state index contributed by atoms with van der Waals surface area (Å²) < 4.78 is 3.86. The minimum absolute atomic E-state index is 0.451. The normalized spacial score (nSPS) is 19.2. The number of fused-ring (bicyclic) bond motifs is 1. The lowest BCUT2D eigenvalue weighted by atomic mass is 10.0. The van der Waals surface area contributed by atoms with E-state index < -0.39 is 0 Å². The van der Waals surface area contributed by atoms with Crippen molar-refractivity contribution in [3.05, 3.63) is 46.7 Å². The molecule has 0 fully saturated rings. The molecule has 2 aromatic heterocycles. The molecule has 3 heterocycles. The van der Waals surface area contributed by atoms with Crippen LogP contribution in [0.3, 0.4) is 0 Å². The quantitative estimate of drug-likeness (QED) is 0.739. The molecule has 0 saturated heterocycles. The van der Waals surface area contributed by atoms with Crippen LogP contribution in [0.4, 0.5) is 0 Å². The van der Waals surface area contributed by atoms with E-state index in [4.69, 9.17) is 11.6 Å². The SMILES string of the molecule is CC1C=C(c2cccs2)[n+]2cn(C)nc2C(Cl)=CC1. The molecule has 19 heavy (non-hydrogen) atoms. The van der Waals surface area contributed by atoms with E-state index >= 15 is 0 Å². The maximum atomic E-state index is 6.37. The highest BCUT2D eigenvalue weighted by molar-refractivity contribution is 7.11. The highest BCUT2D eigenvalue weighted by Gasteiger charge is 2.25. The molecule has 0 bridgehead atoms. The Morgan fingerprint density at radius 1 is 1.53 bits per heavy atom. The van der Waals surface area contributed by atoms with E-state index in [0.29, 0.717) is 5.92 Å². The molecule has 5 heteroatoms. The molecule has 1 aliphatic rings. The minimum Gasteiger partial charge on any atom is -0.195 e. The summed E-state index contributed by atoms with van der Waals surface area (Å²) in [5, 5.41) is 7.27. The number of allylic oxidation sites excluding steroid dienone is 2. The Morgan fingerprint density at radius 2 is 2.37 bits per heavy atom. The lowest BCUT2D eigenvalue weighted by Gasteiger charge is -2.10. The van der Waals surface area contributed by atoms with Gasteiger partial charge in [0.15, 0.2) is 0 Å². The van der Waals surface area contributed by atoms with Crippen LogP contribution in [-0.4, -0.2) is 9.78 Å². The Labute approximate surface area is 121 Å². The first-order chi connectivity index (χ1) is 9.15. The highest BCUT2D eigenvalue weighted by atomic mass is 35.5. The fourth-order valence-electron chi connectivity index (χ4n) is 2.21. The highest BCUT2D eigenvalue weighted by Crippen LogP contribution is 2.26. The van der Waals surface area contributed by atoms with Crippen molar-refractivity contribution in [1.82, 2.24) is 9.78 Å². The summed E-state index contributed by atoms with van der Waals surface area (Å²) in [4.78, 5) is 1.23. The Balaban J connectivity index is 2.23. The van der Waals surface area contributed by atoms with Gasteiger partial charge in [-0.1, -0.05) is 30.7 Å². The summed E-state index contributed by atoms with van der Waals surface area (Å²) >= 11 is 8.10. The second-order valence-electron chi connectivity index (χ2n) is 4.78. The molecular formula is C14H15ClN3S+. The maximum Gasteiger partial charge on any atom is 0.324 e. The molecule has 1 aliphatic heterocycles. The van der Waals surface area contributed by atoms with Gasteiger partial charge in [0.05, 0.1) is 11.9 Å². The first-order valence-electron chi connectivity index (χ1n) is 6.22. The Kier molecular flexibility index (Phi) is 3.29. The van der Waals surface area contributed by atoms with Crippen LogP contribution in [0.1, 0.15) is 24.0 Å². The number of hydrogen-bond donors (Lipinski definition) is 0. The van der Waals surface area contributed by atoms with Gasteiger partial charge in [0.1, 0.15) is 10.7 Å². The van der Waals surface area contributed by atoms with E-state index in [1.165, 1.54) is 4.88 Å². The number of rotatable bonds is 1. The molecule has 98 valence electrons. The molecule has 2 aromatic rings. The average Bonchev–Trinajstić information content (AvgIpc) is 3.01. The van der Waals surface area contributed by atoms with Crippen LogP contribution < -0.4 is 4.57 Å². The zero-order valence-electron chi connectivity index (χ0n) is 10.9. The van der Waals surface area contributed by atoms with Crippen molar-refractivity contribution >= 4 is 33.7 Å². The van der Waals surface area contributed by atoms with Crippen molar-refractivity contribution in [3.8, 4) is 0 Å². The fourth-order valence-corrected chi connectivity index (χ4v) is 3.17. The van der Waals surface area contributed by atoms with Gasteiger partial charge in [0.25, 0.3) is 0 Å². The molecule has 0 aromatic carbocycles. The molecule has 0 spiro atoms. The number of aromatic nitrogens is 3. The van der Waals surface area contributed by atoms with E-state index in [-0.39, 0.29) is 0 Å². The number of nitrogens with zero attached hydrogens (tertiary/aromatic N) is 3. The van der Waals surface area contributed by atoms with Crippen LogP contribution in [-0.2, 0) is 7.05 Å². The molecular weight excluding hydrogens is 278 g/mol. The number of thiophene rings is 1. The van der Waals surface area contributed by atoms with Crippen molar-refractivity contribution in [3.63, 3.8) is 0 Å². The van der Waals surface area contributed by atoms with Gasteiger partial charge in [-0.25, -0.2) is 0 Å². The minimum atomic E-state index is 0.451. The Morgan fingerprint density at radius 3 is 3.11 bits per heavy atom. The second-order valence-corrected chi connectivity index (χ2v) is 6.13.